The molecule has 0 aromatic heterocycles. The smallest absolute Gasteiger partial charge is 0.168 e. The average Bonchev–Trinajstić information content (AvgIpc) is 2.29. The number of Topliss-reactive ketones (excluding diaryl/α,β-unsaturated/α-hetero) is 1. The number of carbonyl (C=O) groups is 1. The van der Waals surface area contributed by atoms with Gasteiger partial charge in [-0.1, -0.05) is 45.0 Å². The summed E-state index contributed by atoms with van der Waals surface area (Å²) in [5.74, 6) is 0.385. The van der Waals surface area contributed by atoms with E-state index < -0.39 is 5.60 Å². The van der Waals surface area contributed by atoms with Crippen LogP contribution >= 0.6 is 0 Å². The zero-order valence-electron chi connectivity index (χ0n) is 11.2. The number of aliphatic hydroxyl groups is 1. The SMILES string of the molecule is CCC(C)(O)C(=O)Cc1ccc(C(C)C)cc1. The molecule has 1 aromatic rings. The van der Waals surface area contributed by atoms with Crippen LogP contribution in [0.1, 0.15) is 51.2 Å². The summed E-state index contributed by atoms with van der Waals surface area (Å²) in [6.07, 6.45) is 0.759. The summed E-state index contributed by atoms with van der Waals surface area (Å²) in [7, 11) is 0. The highest BCUT2D eigenvalue weighted by Crippen LogP contribution is 2.17. The van der Waals surface area contributed by atoms with E-state index in [-0.39, 0.29) is 5.78 Å². The van der Waals surface area contributed by atoms with Crippen LogP contribution in [0.2, 0.25) is 0 Å². The van der Waals surface area contributed by atoms with Crippen LogP contribution in [0.4, 0.5) is 0 Å². The van der Waals surface area contributed by atoms with Gasteiger partial charge in [-0.15, -0.1) is 0 Å². The molecule has 1 unspecified atom stereocenters. The monoisotopic (exact) mass is 234 g/mol. The van der Waals surface area contributed by atoms with Crippen molar-refractivity contribution in [2.75, 3.05) is 0 Å². The highest BCUT2D eigenvalue weighted by Gasteiger charge is 2.27. The van der Waals surface area contributed by atoms with Crippen molar-refractivity contribution >= 4 is 5.78 Å². The first-order chi connectivity index (χ1) is 7.86. The molecule has 0 saturated heterocycles. The van der Waals surface area contributed by atoms with Crippen molar-refractivity contribution in [1.82, 2.24) is 0 Å². The van der Waals surface area contributed by atoms with Crippen LogP contribution in [0.15, 0.2) is 24.3 Å². The fraction of sp³-hybridized carbons (Fsp3) is 0.533. The van der Waals surface area contributed by atoms with Gasteiger partial charge in [-0.3, -0.25) is 4.79 Å². The van der Waals surface area contributed by atoms with E-state index >= 15 is 0 Å². The highest BCUT2D eigenvalue weighted by atomic mass is 16.3. The summed E-state index contributed by atoms with van der Waals surface area (Å²) >= 11 is 0. The van der Waals surface area contributed by atoms with Crippen molar-refractivity contribution in [1.29, 1.82) is 0 Å². The van der Waals surface area contributed by atoms with Gasteiger partial charge in [0.1, 0.15) is 5.60 Å². The van der Waals surface area contributed by atoms with Gasteiger partial charge in [0, 0.05) is 6.42 Å². The maximum atomic E-state index is 11.8. The summed E-state index contributed by atoms with van der Waals surface area (Å²) < 4.78 is 0. The first kappa shape index (κ1) is 13.9. The Hall–Kier alpha value is -1.15. The normalized spacial score (nSPS) is 14.7. The second-order valence-corrected chi connectivity index (χ2v) is 5.12. The fourth-order valence-corrected chi connectivity index (χ4v) is 1.59. The first-order valence-corrected chi connectivity index (χ1v) is 6.21. The summed E-state index contributed by atoms with van der Waals surface area (Å²) in [4.78, 5) is 11.8. The van der Waals surface area contributed by atoms with Crippen molar-refractivity contribution in [2.45, 2.75) is 52.1 Å². The lowest BCUT2D eigenvalue weighted by Crippen LogP contribution is -2.35. The van der Waals surface area contributed by atoms with Gasteiger partial charge in [-0.2, -0.15) is 0 Å². The molecule has 0 bridgehead atoms. The molecule has 0 aliphatic heterocycles. The predicted molar refractivity (Wildman–Crippen MR) is 70.2 cm³/mol. The molecule has 0 aliphatic carbocycles. The highest BCUT2D eigenvalue weighted by molar-refractivity contribution is 5.88. The summed E-state index contributed by atoms with van der Waals surface area (Å²) in [6.45, 7) is 7.68. The van der Waals surface area contributed by atoms with E-state index in [1.165, 1.54) is 5.56 Å². The van der Waals surface area contributed by atoms with Gasteiger partial charge in [0.05, 0.1) is 0 Å². The van der Waals surface area contributed by atoms with Crippen LogP contribution in [-0.2, 0) is 11.2 Å². The van der Waals surface area contributed by atoms with Gasteiger partial charge in [0.15, 0.2) is 5.78 Å². The summed E-state index contributed by atoms with van der Waals surface area (Å²) in [6, 6.07) is 8.04. The third kappa shape index (κ3) is 3.67. The molecule has 94 valence electrons. The molecule has 1 N–H and O–H groups in total. The molecule has 1 rings (SSSR count). The largest absolute Gasteiger partial charge is 0.382 e. The van der Waals surface area contributed by atoms with Gasteiger partial charge in [-0.25, -0.2) is 0 Å². The van der Waals surface area contributed by atoms with Gasteiger partial charge >= 0.3 is 0 Å². The first-order valence-electron chi connectivity index (χ1n) is 6.21. The molecule has 0 amide bonds. The van der Waals surface area contributed by atoms with E-state index in [1.54, 1.807) is 6.92 Å². The van der Waals surface area contributed by atoms with Crippen LogP contribution in [0.5, 0.6) is 0 Å². The topological polar surface area (TPSA) is 37.3 Å². The zero-order valence-corrected chi connectivity index (χ0v) is 11.2. The van der Waals surface area contributed by atoms with Crippen LogP contribution in [0, 0.1) is 0 Å². The molecule has 2 heteroatoms. The third-order valence-electron chi connectivity index (χ3n) is 3.30. The molecule has 0 spiro atoms. The molecule has 17 heavy (non-hydrogen) atoms. The maximum absolute atomic E-state index is 11.8. The van der Waals surface area contributed by atoms with Crippen molar-refractivity contribution < 1.29 is 9.90 Å². The van der Waals surface area contributed by atoms with Gasteiger partial charge in [0.2, 0.25) is 0 Å². The van der Waals surface area contributed by atoms with Gasteiger partial charge < -0.3 is 5.11 Å². The minimum absolute atomic E-state index is 0.114. The Bertz CT molecular complexity index is 374. The van der Waals surface area contributed by atoms with E-state index in [0.717, 1.165) is 5.56 Å². The quantitative estimate of drug-likeness (QED) is 0.850. The molecule has 1 atom stereocenters. The van der Waals surface area contributed by atoms with Crippen molar-refractivity contribution in [3.8, 4) is 0 Å². The molecule has 0 saturated carbocycles. The predicted octanol–water partition coefficient (Wildman–Crippen LogP) is 3.08. The molecule has 0 fully saturated rings. The van der Waals surface area contributed by atoms with E-state index in [4.69, 9.17) is 0 Å². The van der Waals surface area contributed by atoms with E-state index in [1.807, 2.05) is 31.2 Å². The van der Waals surface area contributed by atoms with Crippen molar-refractivity contribution in [3.05, 3.63) is 35.4 Å². The van der Waals surface area contributed by atoms with E-state index in [0.29, 0.717) is 18.8 Å². The lowest BCUT2D eigenvalue weighted by Gasteiger charge is -2.19. The lowest BCUT2D eigenvalue weighted by atomic mass is 9.92. The summed E-state index contributed by atoms with van der Waals surface area (Å²) in [5, 5.41) is 9.85. The van der Waals surface area contributed by atoms with E-state index in [9.17, 15) is 9.90 Å². The average molecular weight is 234 g/mol. The van der Waals surface area contributed by atoms with Crippen LogP contribution in [-0.4, -0.2) is 16.5 Å². The van der Waals surface area contributed by atoms with Crippen molar-refractivity contribution in [2.24, 2.45) is 0 Å². The zero-order chi connectivity index (χ0) is 13.1. The number of hydrogen-bond acceptors (Lipinski definition) is 2. The van der Waals surface area contributed by atoms with Gasteiger partial charge in [-0.05, 0) is 30.4 Å². The number of hydrogen-bond donors (Lipinski definition) is 1. The van der Waals surface area contributed by atoms with Crippen LogP contribution < -0.4 is 0 Å². The van der Waals surface area contributed by atoms with Crippen LogP contribution in [0.3, 0.4) is 0 Å². The lowest BCUT2D eigenvalue weighted by molar-refractivity contribution is -0.135. The Morgan fingerprint density at radius 3 is 2.24 bits per heavy atom. The molecule has 2 nitrogen and oxygen atoms in total. The molecular formula is C15H22O2. The summed E-state index contributed by atoms with van der Waals surface area (Å²) in [5.41, 5.74) is 1.04. The molecular weight excluding hydrogens is 212 g/mol. The number of rotatable bonds is 5. The van der Waals surface area contributed by atoms with Crippen LogP contribution in [0.25, 0.3) is 0 Å². The second kappa shape index (κ2) is 5.46. The molecule has 0 radical (unpaired) electrons. The molecule has 0 aliphatic rings. The Morgan fingerprint density at radius 1 is 1.29 bits per heavy atom. The molecule has 1 aromatic carbocycles. The fourth-order valence-electron chi connectivity index (χ4n) is 1.59. The Morgan fingerprint density at radius 2 is 1.82 bits per heavy atom. The number of carbonyl (C=O) groups excluding carboxylic acids is 1. The minimum atomic E-state index is -1.20. The number of benzene rings is 1. The molecule has 0 heterocycles. The van der Waals surface area contributed by atoms with Crippen molar-refractivity contribution in [3.63, 3.8) is 0 Å². The van der Waals surface area contributed by atoms with Gasteiger partial charge in [0.25, 0.3) is 0 Å². The van der Waals surface area contributed by atoms with E-state index in [2.05, 4.69) is 13.8 Å². The Balaban J connectivity index is 2.73. The third-order valence-corrected chi connectivity index (χ3v) is 3.30. The standard InChI is InChI=1S/C15H22O2/c1-5-15(4,17)14(16)10-12-6-8-13(9-7-12)11(2)3/h6-9,11,17H,5,10H2,1-4H3. The second-order valence-electron chi connectivity index (χ2n) is 5.12. The Kier molecular flexibility index (Phi) is 4.47. The Labute approximate surface area is 104 Å². The maximum Gasteiger partial charge on any atom is 0.168 e. The number of ketones is 1. The minimum Gasteiger partial charge on any atom is -0.382 e.